The molecule has 98 valence electrons. The number of imidazole rings is 1. The lowest BCUT2D eigenvalue weighted by atomic mass is 9.92. The largest absolute Gasteiger partial charge is 0.416 e. The van der Waals surface area contributed by atoms with Crippen molar-refractivity contribution in [1.29, 1.82) is 0 Å². The summed E-state index contributed by atoms with van der Waals surface area (Å²) in [6.07, 6.45) is -3.62. The van der Waals surface area contributed by atoms with Crippen LogP contribution in [0.3, 0.4) is 0 Å². The minimum Gasteiger partial charge on any atom is -0.342 e. The van der Waals surface area contributed by atoms with Crippen LogP contribution in [-0.4, -0.2) is 9.97 Å². The summed E-state index contributed by atoms with van der Waals surface area (Å²) < 4.78 is 37.7. The molecule has 2 nitrogen and oxygen atoms in total. The van der Waals surface area contributed by atoms with Crippen LogP contribution in [0.4, 0.5) is 13.2 Å². The molecule has 0 bridgehead atoms. The van der Waals surface area contributed by atoms with Crippen molar-refractivity contribution in [2.24, 2.45) is 5.41 Å². The lowest BCUT2D eigenvalue weighted by Gasteiger charge is -2.15. The Bertz CT molecular complexity index is 562. The number of fused-ring (bicyclic) bond motifs is 1. The van der Waals surface area contributed by atoms with Gasteiger partial charge in [0.15, 0.2) is 0 Å². The zero-order valence-electron chi connectivity index (χ0n) is 10.5. The highest BCUT2D eigenvalue weighted by atomic mass is 19.4. The van der Waals surface area contributed by atoms with Gasteiger partial charge in [-0.15, -0.1) is 0 Å². The van der Waals surface area contributed by atoms with E-state index in [0.717, 1.165) is 18.0 Å². The molecule has 0 radical (unpaired) electrons. The van der Waals surface area contributed by atoms with Crippen LogP contribution >= 0.6 is 0 Å². The molecule has 0 unspecified atom stereocenters. The second-order valence-electron chi connectivity index (χ2n) is 5.65. The molecule has 2 aromatic rings. The first kappa shape index (κ1) is 12.9. The van der Waals surface area contributed by atoms with Crippen LogP contribution in [0.5, 0.6) is 0 Å². The molecule has 5 heteroatoms. The molecule has 0 aliphatic heterocycles. The third kappa shape index (κ3) is 2.83. The highest BCUT2D eigenvalue weighted by Crippen LogP contribution is 2.31. The predicted octanol–water partition coefficient (Wildman–Crippen LogP) is 4.17. The molecule has 0 spiro atoms. The zero-order chi connectivity index (χ0) is 13.6. The summed E-state index contributed by atoms with van der Waals surface area (Å²) >= 11 is 0. The first-order valence-corrected chi connectivity index (χ1v) is 5.71. The van der Waals surface area contributed by atoms with Crippen molar-refractivity contribution >= 4 is 11.0 Å². The maximum Gasteiger partial charge on any atom is 0.416 e. The van der Waals surface area contributed by atoms with Gasteiger partial charge in [-0.3, -0.25) is 0 Å². The van der Waals surface area contributed by atoms with Crippen molar-refractivity contribution in [3.63, 3.8) is 0 Å². The van der Waals surface area contributed by atoms with Gasteiger partial charge in [-0.1, -0.05) is 20.8 Å². The fraction of sp³-hybridized carbons (Fsp3) is 0.462. The maximum atomic E-state index is 12.6. The van der Waals surface area contributed by atoms with Gasteiger partial charge in [0, 0.05) is 6.42 Å². The number of nitrogens with one attached hydrogen (secondary N) is 1. The summed E-state index contributed by atoms with van der Waals surface area (Å²) in [6.45, 7) is 6.17. The molecule has 18 heavy (non-hydrogen) atoms. The Balaban J connectivity index is 2.40. The van der Waals surface area contributed by atoms with Crippen LogP contribution in [-0.2, 0) is 12.6 Å². The summed E-state index contributed by atoms with van der Waals surface area (Å²) in [5.41, 5.74) is 0.396. The molecule has 0 saturated heterocycles. The average Bonchev–Trinajstić information content (AvgIpc) is 2.53. The number of nitrogens with zero attached hydrogens (tertiary/aromatic N) is 1. The molecule has 0 amide bonds. The van der Waals surface area contributed by atoms with Gasteiger partial charge >= 0.3 is 6.18 Å². The number of hydrogen-bond donors (Lipinski definition) is 1. The van der Waals surface area contributed by atoms with Gasteiger partial charge in [0.25, 0.3) is 0 Å². The highest BCUT2D eigenvalue weighted by Gasteiger charge is 2.30. The zero-order valence-corrected chi connectivity index (χ0v) is 10.5. The Hall–Kier alpha value is -1.52. The molecule has 2 rings (SSSR count). The lowest BCUT2D eigenvalue weighted by Crippen LogP contribution is -2.10. The quantitative estimate of drug-likeness (QED) is 0.815. The summed E-state index contributed by atoms with van der Waals surface area (Å²) in [7, 11) is 0. The molecule has 1 aromatic heterocycles. The van der Waals surface area contributed by atoms with Crippen LogP contribution in [0.25, 0.3) is 11.0 Å². The number of halogens is 3. The van der Waals surface area contributed by atoms with Crippen LogP contribution in [0.1, 0.15) is 32.2 Å². The molecular weight excluding hydrogens is 241 g/mol. The summed E-state index contributed by atoms with van der Waals surface area (Å²) in [4.78, 5) is 7.25. The topological polar surface area (TPSA) is 28.7 Å². The van der Waals surface area contributed by atoms with Crippen LogP contribution in [0.15, 0.2) is 18.2 Å². The maximum absolute atomic E-state index is 12.6. The molecule has 0 aliphatic carbocycles. The molecule has 0 saturated carbocycles. The molecular formula is C13H15F3N2. The van der Waals surface area contributed by atoms with E-state index in [0.29, 0.717) is 17.5 Å². The van der Waals surface area contributed by atoms with Gasteiger partial charge in [-0.05, 0) is 23.6 Å². The van der Waals surface area contributed by atoms with E-state index in [1.165, 1.54) is 6.07 Å². The van der Waals surface area contributed by atoms with E-state index in [-0.39, 0.29) is 5.41 Å². The Morgan fingerprint density at radius 3 is 2.39 bits per heavy atom. The summed E-state index contributed by atoms with van der Waals surface area (Å²) in [5, 5.41) is 0. The monoisotopic (exact) mass is 256 g/mol. The number of H-pyrrole nitrogens is 1. The molecule has 1 heterocycles. The Kier molecular flexibility index (Phi) is 2.87. The smallest absolute Gasteiger partial charge is 0.342 e. The molecule has 0 fully saturated rings. The third-order valence-electron chi connectivity index (χ3n) is 2.56. The van der Waals surface area contributed by atoms with Crippen molar-refractivity contribution in [3.8, 4) is 0 Å². The van der Waals surface area contributed by atoms with Crippen LogP contribution in [0.2, 0.25) is 0 Å². The third-order valence-corrected chi connectivity index (χ3v) is 2.56. The van der Waals surface area contributed by atoms with Gasteiger partial charge in [0.2, 0.25) is 0 Å². The number of aromatic amines is 1. The van der Waals surface area contributed by atoms with E-state index >= 15 is 0 Å². The number of benzene rings is 1. The fourth-order valence-corrected chi connectivity index (χ4v) is 1.82. The van der Waals surface area contributed by atoms with Gasteiger partial charge in [-0.25, -0.2) is 4.98 Å². The minimum absolute atomic E-state index is 0.0424. The predicted molar refractivity (Wildman–Crippen MR) is 64.3 cm³/mol. The van der Waals surface area contributed by atoms with Crippen molar-refractivity contribution in [2.75, 3.05) is 0 Å². The fourth-order valence-electron chi connectivity index (χ4n) is 1.82. The first-order chi connectivity index (χ1) is 8.15. The minimum atomic E-state index is -4.32. The second kappa shape index (κ2) is 4.00. The lowest BCUT2D eigenvalue weighted by molar-refractivity contribution is -0.137. The molecule has 1 N–H and O–H groups in total. The first-order valence-electron chi connectivity index (χ1n) is 5.71. The van der Waals surface area contributed by atoms with E-state index in [1.807, 2.05) is 0 Å². The second-order valence-corrected chi connectivity index (χ2v) is 5.65. The number of hydrogen-bond acceptors (Lipinski definition) is 1. The van der Waals surface area contributed by atoms with Crippen LogP contribution < -0.4 is 0 Å². The highest BCUT2D eigenvalue weighted by molar-refractivity contribution is 5.76. The van der Waals surface area contributed by atoms with Crippen molar-refractivity contribution in [1.82, 2.24) is 9.97 Å². The Morgan fingerprint density at radius 1 is 1.17 bits per heavy atom. The van der Waals surface area contributed by atoms with Crippen molar-refractivity contribution < 1.29 is 13.2 Å². The Morgan fingerprint density at radius 2 is 1.83 bits per heavy atom. The number of rotatable bonds is 1. The SMILES string of the molecule is CC(C)(C)Cc1nc2ccc(C(F)(F)F)cc2[nH]1. The Labute approximate surface area is 103 Å². The van der Waals surface area contributed by atoms with Crippen molar-refractivity contribution in [2.45, 2.75) is 33.4 Å². The summed E-state index contributed by atoms with van der Waals surface area (Å²) in [6, 6.07) is 3.57. The normalized spacial score (nSPS) is 13.2. The average molecular weight is 256 g/mol. The van der Waals surface area contributed by atoms with Gasteiger partial charge in [-0.2, -0.15) is 13.2 Å². The van der Waals surface area contributed by atoms with Gasteiger partial charge in [0.1, 0.15) is 5.82 Å². The molecule has 0 aliphatic rings. The van der Waals surface area contributed by atoms with Crippen LogP contribution in [0, 0.1) is 5.41 Å². The standard InChI is InChI=1S/C13H15F3N2/c1-12(2,3)7-11-17-9-5-4-8(13(14,15)16)6-10(9)18-11/h4-6H,7H2,1-3H3,(H,17,18). The van der Waals surface area contributed by atoms with Crippen molar-refractivity contribution in [3.05, 3.63) is 29.6 Å². The van der Waals surface area contributed by atoms with E-state index < -0.39 is 11.7 Å². The van der Waals surface area contributed by atoms with Gasteiger partial charge in [0.05, 0.1) is 16.6 Å². The molecule has 1 aromatic carbocycles. The summed E-state index contributed by atoms with van der Waals surface area (Å²) in [5.74, 6) is 0.719. The number of aromatic nitrogens is 2. The molecule has 0 atom stereocenters. The van der Waals surface area contributed by atoms with Gasteiger partial charge < -0.3 is 4.98 Å². The van der Waals surface area contributed by atoms with E-state index in [1.54, 1.807) is 0 Å². The van der Waals surface area contributed by atoms with E-state index in [4.69, 9.17) is 0 Å². The van der Waals surface area contributed by atoms with E-state index in [9.17, 15) is 13.2 Å². The number of alkyl halides is 3. The van der Waals surface area contributed by atoms with E-state index in [2.05, 4.69) is 30.7 Å².